The first kappa shape index (κ1) is 29.3. The van der Waals surface area contributed by atoms with Crippen molar-refractivity contribution in [2.45, 2.75) is 110 Å². The quantitative estimate of drug-likeness (QED) is 0.151. The standard InChI is InChI=1S/C26H44O7/c1-8-10-11-12-13-14-22(28)32-24-20(17-23(29)30-6)16-21(15-19(3)9-2)33-26(24,31-7)25(4,5)18-27/h17-19,21,24H,8-16H2,1-7H3/b20-17+/t19?,21-,24+,26-/m1/s1. The monoisotopic (exact) mass is 468 g/mol. The number of hydrogen-bond donors (Lipinski definition) is 0. The van der Waals surface area contributed by atoms with Crippen molar-refractivity contribution < 1.29 is 33.3 Å². The predicted molar refractivity (Wildman–Crippen MR) is 127 cm³/mol. The van der Waals surface area contributed by atoms with E-state index in [1.807, 2.05) is 0 Å². The highest BCUT2D eigenvalue weighted by molar-refractivity contribution is 5.83. The number of carbonyl (C=O) groups is 3. The van der Waals surface area contributed by atoms with Crippen LogP contribution in [0.1, 0.15) is 92.4 Å². The molecule has 7 nitrogen and oxygen atoms in total. The molecule has 0 aliphatic carbocycles. The minimum absolute atomic E-state index is 0.253. The summed E-state index contributed by atoms with van der Waals surface area (Å²) in [5.74, 6) is -2.16. The molecule has 1 heterocycles. The van der Waals surface area contributed by atoms with Crippen molar-refractivity contribution >= 4 is 18.2 Å². The normalized spacial score (nSPS) is 25.5. The summed E-state index contributed by atoms with van der Waals surface area (Å²) in [5, 5.41) is 0. The van der Waals surface area contributed by atoms with Gasteiger partial charge in [0.25, 0.3) is 0 Å². The SMILES string of the molecule is CCCCCCCC(=O)O[C@H]1/C(=C/C(=O)OC)C[C@@H](CC(C)CC)O[C@@]1(OC)C(C)(C)C=O. The zero-order valence-corrected chi connectivity index (χ0v) is 21.6. The zero-order chi connectivity index (χ0) is 25.1. The van der Waals surface area contributed by atoms with E-state index >= 15 is 0 Å². The van der Waals surface area contributed by atoms with Gasteiger partial charge in [0.1, 0.15) is 6.29 Å². The number of ether oxygens (including phenoxy) is 4. The van der Waals surface area contributed by atoms with Crippen LogP contribution >= 0.6 is 0 Å². The summed E-state index contributed by atoms with van der Waals surface area (Å²) in [6, 6.07) is 0. The van der Waals surface area contributed by atoms with E-state index in [9.17, 15) is 14.4 Å². The number of unbranched alkanes of at least 4 members (excludes halogenated alkanes) is 4. The third-order valence-electron chi connectivity index (χ3n) is 6.58. The number of carbonyl (C=O) groups excluding carboxylic acids is 3. The Labute approximate surface area is 199 Å². The van der Waals surface area contributed by atoms with Gasteiger partial charge in [-0.25, -0.2) is 4.79 Å². The van der Waals surface area contributed by atoms with E-state index in [4.69, 9.17) is 18.9 Å². The van der Waals surface area contributed by atoms with Crippen LogP contribution in [0.25, 0.3) is 0 Å². The Morgan fingerprint density at radius 2 is 1.85 bits per heavy atom. The van der Waals surface area contributed by atoms with E-state index in [-0.39, 0.29) is 12.5 Å². The summed E-state index contributed by atoms with van der Waals surface area (Å²) < 4.78 is 23.1. The molecular weight excluding hydrogens is 424 g/mol. The van der Waals surface area contributed by atoms with Crippen molar-refractivity contribution in [1.82, 2.24) is 0 Å². The summed E-state index contributed by atoms with van der Waals surface area (Å²) >= 11 is 0. The summed E-state index contributed by atoms with van der Waals surface area (Å²) in [5.41, 5.74) is -0.616. The molecule has 190 valence electrons. The fraction of sp³-hybridized carbons (Fsp3) is 0.808. The Hall–Kier alpha value is -1.73. The number of esters is 2. The Morgan fingerprint density at radius 3 is 2.39 bits per heavy atom. The third kappa shape index (κ3) is 7.92. The summed E-state index contributed by atoms with van der Waals surface area (Å²) in [6.07, 6.45) is 8.06. The van der Waals surface area contributed by atoms with Crippen LogP contribution in [0.5, 0.6) is 0 Å². The van der Waals surface area contributed by atoms with Crippen LogP contribution in [0.3, 0.4) is 0 Å². The molecule has 0 aromatic rings. The lowest BCUT2D eigenvalue weighted by Crippen LogP contribution is -2.64. The lowest BCUT2D eigenvalue weighted by Gasteiger charge is -2.52. The third-order valence-corrected chi connectivity index (χ3v) is 6.58. The molecule has 1 aliphatic rings. The first-order valence-corrected chi connectivity index (χ1v) is 12.3. The molecular formula is C26H44O7. The van der Waals surface area contributed by atoms with Gasteiger partial charge in [-0.05, 0) is 44.6 Å². The van der Waals surface area contributed by atoms with E-state index in [0.29, 0.717) is 24.3 Å². The second-order valence-corrected chi connectivity index (χ2v) is 9.68. The molecule has 1 rings (SSSR count). The first-order valence-electron chi connectivity index (χ1n) is 12.3. The molecule has 0 spiro atoms. The van der Waals surface area contributed by atoms with Crippen LogP contribution in [0, 0.1) is 11.3 Å². The van der Waals surface area contributed by atoms with Crippen LogP contribution in [0.15, 0.2) is 11.6 Å². The second kappa shape index (κ2) is 13.9. The lowest BCUT2D eigenvalue weighted by atomic mass is 9.75. The average Bonchev–Trinajstić information content (AvgIpc) is 2.79. The number of methoxy groups -OCH3 is 2. The first-order chi connectivity index (χ1) is 15.6. The molecule has 0 N–H and O–H groups in total. The van der Waals surface area contributed by atoms with Gasteiger partial charge >= 0.3 is 11.9 Å². The second-order valence-electron chi connectivity index (χ2n) is 9.68. The van der Waals surface area contributed by atoms with Gasteiger partial charge in [0, 0.05) is 19.6 Å². The highest BCUT2D eigenvalue weighted by atomic mass is 16.7. The molecule has 1 unspecified atom stereocenters. The maximum Gasteiger partial charge on any atom is 0.330 e. The van der Waals surface area contributed by atoms with Crippen molar-refractivity contribution in [3.05, 3.63) is 11.6 Å². The van der Waals surface area contributed by atoms with Gasteiger partial charge < -0.3 is 23.7 Å². The van der Waals surface area contributed by atoms with Gasteiger partial charge in [-0.1, -0.05) is 52.9 Å². The molecule has 0 saturated carbocycles. The van der Waals surface area contributed by atoms with Crippen LogP contribution in [-0.4, -0.2) is 50.4 Å². The highest BCUT2D eigenvalue weighted by Crippen LogP contribution is 2.47. The van der Waals surface area contributed by atoms with E-state index < -0.39 is 29.2 Å². The molecule has 7 heteroatoms. The Balaban J connectivity index is 3.32. The van der Waals surface area contributed by atoms with Crippen molar-refractivity contribution in [3.8, 4) is 0 Å². The van der Waals surface area contributed by atoms with Crippen LogP contribution in [0.2, 0.25) is 0 Å². The van der Waals surface area contributed by atoms with Gasteiger partial charge in [0.15, 0.2) is 6.10 Å². The molecule has 1 aliphatic heterocycles. The number of aldehydes is 1. The predicted octanol–water partition coefficient (Wildman–Crippen LogP) is 5.15. The van der Waals surface area contributed by atoms with Crippen LogP contribution in [0.4, 0.5) is 0 Å². The maximum atomic E-state index is 12.8. The lowest BCUT2D eigenvalue weighted by molar-refractivity contribution is -0.336. The zero-order valence-electron chi connectivity index (χ0n) is 21.6. The fourth-order valence-corrected chi connectivity index (χ4v) is 4.26. The minimum Gasteiger partial charge on any atom is -0.466 e. The molecule has 0 bridgehead atoms. The Bertz CT molecular complexity index is 670. The highest BCUT2D eigenvalue weighted by Gasteiger charge is 2.60. The number of rotatable bonds is 14. The van der Waals surface area contributed by atoms with E-state index in [0.717, 1.165) is 44.8 Å². The molecule has 1 saturated heterocycles. The Morgan fingerprint density at radius 1 is 1.18 bits per heavy atom. The largest absolute Gasteiger partial charge is 0.466 e. The molecule has 0 aromatic carbocycles. The molecule has 0 amide bonds. The summed E-state index contributed by atoms with van der Waals surface area (Å²) in [7, 11) is 2.74. The molecule has 0 radical (unpaired) electrons. The molecule has 4 atom stereocenters. The van der Waals surface area contributed by atoms with E-state index in [2.05, 4.69) is 20.8 Å². The van der Waals surface area contributed by atoms with Gasteiger partial charge in [0.2, 0.25) is 5.79 Å². The van der Waals surface area contributed by atoms with Gasteiger partial charge in [0.05, 0.1) is 18.6 Å². The van der Waals surface area contributed by atoms with Gasteiger partial charge in [-0.3, -0.25) is 4.79 Å². The van der Waals surface area contributed by atoms with E-state index in [1.54, 1.807) is 13.8 Å². The summed E-state index contributed by atoms with van der Waals surface area (Å²) in [6.45, 7) is 9.74. The topological polar surface area (TPSA) is 88.1 Å². The van der Waals surface area contributed by atoms with Crippen LogP contribution in [-0.2, 0) is 33.3 Å². The van der Waals surface area contributed by atoms with Crippen molar-refractivity contribution in [3.63, 3.8) is 0 Å². The number of hydrogen-bond acceptors (Lipinski definition) is 7. The van der Waals surface area contributed by atoms with Crippen molar-refractivity contribution in [2.24, 2.45) is 11.3 Å². The molecule has 1 fully saturated rings. The molecule has 33 heavy (non-hydrogen) atoms. The van der Waals surface area contributed by atoms with Crippen molar-refractivity contribution in [2.75, 3.05) is 14.2 Å². The Kier molecular flexibility index (Phi) is 12.3. The van der Waals surface area contributed by atoms with Gasteiger partial charge in [-0.15, -0.1) is 0 Å². The smallest absolute Gasteiger partial charge is 0.330 e. The minimum atomic E-state index is -1.57. The van der Waals surface area contributed by atoms with E-state index in [1.165, 1.54) is 20.3 Å². The average molecular weight is 469 g/mol. The summed E-state index contributed by atoms with van der Waals surface area (Å²) in [4.78, 5) is 37.2. The van der Waals surface area contributed by atoms with Crippen molar-refractivity contribution in [1.29, 1.82) is 0 Å². The van der Waals surface area contributed by atoms with Crippen LogP contribution < -0.4 is 0 Å². The fourth-order valence-electron chi connectivity index (χ4n) is 4.26. The van der Waals surface area contributed by atoms with Gasteiger partial charge in [-0.2, -0.15) is 0 Å². The molecule has 0 aromatic heterocycles. The maximum absolute atomic E-state index is 12.8.